The van der Waals surface area contributed by atoms with Gasteiger partial charge >= 0.3 is 12.3 Å². The van der Waals surface area contributed by atoms with E-state index in [1.807, 2.05) is 0 Å². The monoisotopic (exact) mass is 353 g/mol. The second-order valence-electron chi connectivity index (χ2n) is 5.31. The topological polar surface area (TPSA) is 61.5 Å². The van der Waals surface area contributed by atoms with Crippen LogP contribution in [0.1, 0.15) is 24.9 Å². The number of esters is 1. The predicted octanol–water partition coefficient (Wildman–Crippen LogP) is 4.21. The third-order valence-corrected chi connectivity index (χ3v) is 3.43. The highest BCUT2D eigenvalue weighted by atomic mass is 19.4. The third kappa shape index (κ3) is 5.79. The van der Waals surface area contributed by atoms with E-state index in [0.29, 0.717) is 17.7 Å². The molecule has 25 heavy (non-hydrogen) atoms. The lowest BCUT2D eigenvalue weighted by molar-refractivity contribution is -0.274. The Labute approximate surface area is 143 Å². The molecule has 0 saturated heterocycles. The van der Waals surface area contributed by atoms with E-state index in [0.717, 1.165) is 5.56 Å². The van der Waals surface area contributed by atoms with Crippen molar-refractivity contribution >= 4 is 5.97 Å². The van der Waals surface area contributed by atoms with Gasteiger partial charge in [-0.25, -0.2) is 0 Å². The molecule has 0 radical (unpaired) electrons. The summed E-state index contributed by atoms with van der Waals surface area (Å²) in [5, 5.41) is 0. The Morgan fingerprint density at radius 1 is 1.12 bits per heavy atom. The fourth-order valence-electron chi connectivity index (χ4n) is 2.31. The molecule has 7 heteroatoms. The van der Waals surface area contributed by atoms with Gasteiger partial charge in [0.1, 0.15) is 5.75 Å². The van der Waals surface area contributed by atoms with Crippen LogP contribution in [0.4, 0.5) is 13.2 Å². The number of rotatable bonds is 6. The molecule has 1 atom stereocenters. The molecule has 0 heterocycles. The van der Waals surface area contributed by atoms with Crippen LogP contribution in [0.25, 0.3) is 11.1 Å². The minimum Gasteiger partial charge on any atom is -0.466 e. The molecule has 0 amide bonds. The Hall–Kier alpha value is -2.54. The minimum absolute atomic E-state index is 0.0576. The first-order valence-corrected chi connectivity index (χ1v) is 7.66. The number of carbonyl (C=O) groups is 1. The van der Waals surface area contributed by atoms with E-state index in [-0.39, 0.29) is 18.1 Å². The Morgan fingerprint density at radius 2 is 1.80 bits per heavy atom. The number of benzene rings is 2. The maximum Gasteiger partial charge on any atom is 0.573 e. The van der Waals surface area contributed by atoms with Crippen molar-refractivity contribution in [2.75, 3.05) is 6.61 Å². The quantitative estimate of drug-likeness (QED) is 0.791. The molecule has 0 spiro atoms. The number of halogens is 3. The molecule has 2 rings (SSSR count). The lowest BCUT2D eigenvalue weighted by Gasteiger charge is -2.13. The largest absolute Gasteiger partial charge is 0.573 e. The van der Waals surface area contributed by atoms with Crippen LogP contribution >= 0.6 is 0 Å². The first-order valence-electron chi connectivity index (χ1n) is 7.66. The van der Waals surface area contributed by atoms with Gasteiger partial charge in [-0.15, -0.1) is 13.2 Å². The zero-order valence-electron chi connectivity index (χ0n) is 13.5. The number of hydrogen-bond donors (Lipinski definition) is 1. The summed E-state index contributed by atoms with van der Waals surface area (Å²) in [6.07, 6.45) is -4.68. The highest BCUT2D eigenvalue weighted by Gasteiger charge is 2.31. The summed E-state index contributed by atoms with van der Waals surface area (Å²) < 4.78 is 45.7. The van der Waals surface area contributed by atoms with Gasteiger partial charge in [-0.2, -0.15) is 0 Å². The van der Waals surface area contributed by atoms with E-state index in [1.165, 1.54) is 18.2 Å². The highest BCUT2D eigenvalue weighted by molar-refractivity contribution is 5.70. The van der Waals surface area contributed by atoms with Crippen LogP contribution in [0, 0.1) is 0 Å². The van der Waals surface area contributed by atoms with Crippen LogP contribution < -0.4 is 10.5 Å². The molecule has 0 aromatic heterocycles. The van der Waals surface area contributed by atoms with Crippen LogP contribution in [-0.4, -0.2) is 18.9 Å². The van der Waals surface area contributed by atoms with E-state index in [2.05, 4.69) is 4.74 Å². The van der Waals surface area contributed by atoms with Crippen molar-refractivity contribution in [2.45, 2.75) is 25.7 Å². The molecule has 2 N–H and O–H groups in total. The van der Waals surface area contributed by atoms with Crippen molar-refractivity contribution in [3.63, 3.8) is 0 Å². The molecule has 0 aliphatic rings. The fourth-order valence-corrected chi connectivity index (χ4v) is 2.31. The van der Waals surface area contributed by atoms with Gasteiger partial charge in [0.15, 0.2) is 0 Å². The second kappa shape index (κ2) is 8.02. The van der Waals surface area contributed by atoms with E-state index in [9.17, 15) is 18.0 Å². The number of carbonyl (C=O) groups excluding carboxylic acids is 1. The first-order chi connectivity index (χ1) is 11.8. The molecule has 0 aliphatic heterocycles. The molecular weight excluding hydrogens is 335 g/mol. The second-order valence-corrected chi connectivity index (χ2v) is 5.31. The molecular formula is C18H18F3NO3. The van der Waals surface area contributed by atoms with Crippen molar-refractivity contribution in [3.8, 4) is 16.9 Å². The van der Waals surface area contributed by atoms with Gasteiger partial charge in [-0.3, -0.25) is 4.79 Å². The molecule has 2 aromatic carbocycles. The fraction of sp³-hybridized carbons (Fsp3) is 0.278. The van der Waals surface area contributed by atoms with Gasteiger partial charge in [0.25, 0.3) is 0 Å². The molecule has 0 fully saturated rings. The predicted molar refractivity (Wildman–Crippen MR) is 86.7 cm³/mol. The van der Waals surface area contributed by atoms with Gasteiger partial charge in [0.2, 0.25) is 0 Å². The van der Waals surface area contributed by atoms with Crippen LogP contribution in [0.5, 0.6) is 5.75 Å². The Morgan fingerprint density at radius 3 is 2.40 bits per heavy atom. The van der Waals surface area contributed by atoms with Crippen LogP contribution in [0.15, 0.2) is 48.5 Å². The Kier molecular flexibility index (Phi) is 6.03. The summed E-state index contributed by atoms with van der Waals surface area (Å²) >= 11 is 0. The first kappa shape index (κ1) is 18.8. The van der Waals surface area contributed by atoms with Crippen LogP contribution in [0.3, 0.4) is 0 Å². The Balaban J connectivity index is 2.12. The molecule has 0 saturated carbocycles. The van der Waals surface area contributed by atoms with Gasteiger partial charge in [0, 0.05) is 6.04 Å². The lowest BCUT2D eigenvalue weighted by Crippen LogP contribution is -2.17. The number of ether oxygens (including phenoxy) is 2. The highest BCUT2D eigenvalue weighted by Crippen LogP contribution is 2.28. The average molecular weight is 353 g/mol. The van der Waals surface area contributed by atoms with Crippen molar-refractivity contribution in [1.82, 2.24) is 0 Å². The summed E-state index contributed by atoms with van der Waals surface area (Å²) in [5.74, 6) is -0.663. The molecule has 134 valence electrons. The average Bonchev–Trinajstić information content (AvgIpc) is 2.54. The maximum absolute atomic E-state index is 12.3. The van der Waals surface area contributed by atoms with Crippen molar-refractivity contribution in [1.29, 1.82) is 0 Å². The minimum atomic E-state index is -4.73. The smallest absolute Gasteiger partial charge is 0.466 e. The number of nitrogens with two attached hydrogens (primary N) is 1. The zero-order valence-corrected chi connectivity index (χ0v) is 13.5. The van der Waals surface area contributed by atoms with E-state index in [1.54, 1.807) is 37.3 Å². The summed E-state index contributed by atoms with van der Waals surface area (Å²) in [5.41, 5.74) is 7.98. The van der Waals surface area contributed by atoms with Crippen LogP contribution in [-0.2, 0) is 9.53 Å². The van der Waals surface area contributed by atoms with E-state index in [4.69, 9.17) is 10.5 Å². The molecule has 4 nitrogen and oxygen atoms in total. The molecule has 0 aliphatic carbocycles. The lowest BCUT2D eigenvalue weighted by atomic mass is 9.99. The zero-order chi connectivity index (χ0) is 18.4. The van der Waals surface area contributed by atoms with E-state index < -0.39 is 12.4 Å². The number of hydrogen-bond acceptors (Lipinski definition) is 4. The summed E-state index contributed by atoms with van der Waals surface area (Å²) in [6.45, 7) is 2.01. The van der Waals surface area contributed by atoms with Crippen molar-refractivity contribution in [2.24, 2.45) is 5.73 Å². The van der Waals surface area contributed by atoms with Crippen LogP contribution in [0.2, 0.25) is 0 Å². The SMILES string of the molecule is CCOC(=O)CC(N)c1ccc(-c2cccc(OC(F)(F)F)c2)cc1. The summed E-state index contributed by atoms with van der Waals surface area (Å²) in [7, 11) is 0. The normalized spacial score (nSPS) is 12.5. The third-order valence-electron chi connectivity index (χ3n) is 3.43. The number of alkyl halides is 3. The van der Waals surface area contributed by atoms with Gasteiger partial charge < -0.3 is 15.2 Å². The van der Waals surface area contributed by atoms with Gasteiger partial charge in [-0.05, 0) is 35.7 Å². The molecule has 1 unspecified atom stereocenters. The van der Waals surface area contributed by atoms with Gasteiger partial charge in [-0.1, -0.05) is 36.4 Å². The summed E-state index contributed by atoms with van der Waals surface area (Å²) in [6, 6.07) is 12.1. The van der Waals surface area contributed by atoms with Crippen molar-refractivity contribution in [3.05, 3.63) is 54.1 Å². The van der Waals surface area contributed by atoms with Gasteiger partial charge in [0.05, 0.1) is 13.0 Å². The van der Waals surface area contributed by atoms with E-state index >= 15 is 0 Å². The maximum atomic E-state index is 12.3. The van der Waals surface area contributed by atoms with Crippen molar-refractivity contribution < 1.29 is 27.4 Å². The standard InChI is InChI=1S/C18H18F3NO3/c1-2-24-17(23)11-16(22)13-8-6-12(7-9-13)14-4-3-5-15(10-14)25-18(19,20)21/h3-10,16H,2,11,22H2,1H3. The Bertz CT molecular complexity index is 714. The molecule has 0 bridgehead atoms. The molecule has 2 aromatic rings. The summed E-state index contributed by atoms with van der Waals surface area (Å²) in [4.78, 5) is 11.5.